The van der Waals surface area contributed by atoms with Crippen LogP contribution in [0.15, 0.2) is 77.4 Å². The Morgan fingerprint density at radius 2 is 1.88 bits per heavy atom. The molecule has 3 heterocycles. The van der Waals surface area contributed by atoms with Gasteiger partial charge in [0.15, 0.2) is 11.7 Å². The maximum atomic E-state index is 6.30. The zero-order valence-corrected chi connectivity index (χ0v) is 19.2. The second-order valence-electron chi connectivity index (χ2n) is 9.41. The van der Waals surface area contributed by atoms with Crippen LogP contribution in [0.5, 0.6) is 0 Å². The summed E-state index contributed by atoms with van der Waals surface area (Å²) in [4.78, 5) is 4.46. The number of aromatic nitrogens is 1. The average Bonchev–Trinajstić information content (AvgIpc) is 3.18. The molecule has 5 aromatic rings. The Bertz CT molecular complexity index is 1600. The highest BCUT2D eigenvalue weighted by Crippen LogP contribution is 2.45. The zero-order chi connectivity index (χ0) is 22.7. The number of furan rings is 1. The van der Waals surface area contributed by atoms with Gasteiger partial charge in [0, 0.05) is 10.9 Å². The van der Waals surface area contributed by atoms with Crippen LogP contribution < -0.4 is 0 Å². The summed E-state index contributed by atoms with van der Waals surface area (Å²) in [7, 11) is 0. The van der Waals surface area contributed by atoms with Crippen LogP contribution in [0.2, 0.25) is 0 Å². The Morgan fingerprint density at radius 3 is 2.73 bits per heavy atom. The van der Waals surface area contributed by atoms with Crippen LogP contribution >= 0.6 is 0 Å². The third kappa shape index (κ3) is 3.07. The molecule has 0 saturated carbocycles. The van der Waals surface area contributed by atoms with E-state index in [2.05, 4.69) is 97.7 Å². The summed E-state index contributed by atoms with van der Waals surface area (Å²) in [5.41, 5.74) is 7.54. The van der Waals surface area contributed by atoms with Crippen LogP contribution in [0.1, 0.15) is 37.0 Å². The molecule has 0 radical (unpaired) electrons. The molecule has 1 aliphatic rings. The monoisotopic (exact) mass is 430 g/mol. The minimum Gasteiger partial charge on any atom is -0.268 e. The van der Waals surface area contributed by atoms with Crippen molar-refractivity contribution in [3.63, 3.8) is 0 Å². The van der Waals surface area contributed by atoms with Gasteiger partial charge in [-0.25, -0.2) is 9.56 Å². The minimum absolute atomic E-state index is 0.536. The molecule has 0 aliphatic carbocycles. The van der Waals surface area contributed by atoms with Crippen LogP contribution in [0.3, 0.4) is 0 Å². The van der Waals surface area contributed by atoms with Crippen LogP contribution in [-0.2, 0) is 0 Å². The fourth-order valence-corrected chi connectivity index (χ4v) is 5.14. The van der Waals surface area contributed by atoms with Crippen molar-refractivity contribution in [2.45, 2.75) is 27.2 Å². The zero-order valence-electron chi connectivity index (χ0n) is 19.2. The maximum absolute atomic E-state index is 6.30. The summed E-state index contributed by atoms with van der Waals surface area (Å²) in [5.74, 6) is 0.536. The van der Waals surface area contributed by atoms with E-state index in [1.165, 1.54) is 27.5 Å². The molecule has 0 amide bonds. The van der Waals surface area contributed by atoms with Gasteiger partial charge in [0.05, 0.1) is 12.3 Å². The van der Waals surface area contributed by atoms with E-state index in [1.807, 2.05) is 6.07 Å². The van der Waals surface area contributed by atoms with Crippen molar-refractivity contribution in [3.8, 4) is 0 Å². The number of allylic oxidation sites excluding steroid dienone is 1. The van der Waals surface area contributed by atoms with Gasteiger partial charge in [0.2, 0.25) is 0 Å². The molecule has 0 fully saturated rings. The van der Waals surface area contributed by atoms with Gasteiger partial charge in [0.1, 0.15) is 0 Å². The molecule has 0 atom stereocenters. The second-order valence-corrected chi connectivity index (χ2v) is 9.41. The molecule has 0 spiro atoms. The number of hydrogen-bond donors (Lipinski definition) is 0. The number of fused-ring (bicyclic) bond motifs is 6. The summed E-state index contributed by atoms with van der Waals surface area (Å²) in [6.07, 6.45) is 5.09. The van der Waals surface area contributed by atoms with Gasteiger partial charge in [-0.05, 0) is 53.8 Å². The topological polar surface area (TPSA) is 27.2 Å². The molecular formula is C30H26N2O. The predicted molar refractivity (Wildman–Crippen MR) is 137 cm³/mol. The standard InChI is InChI=1S/C30H26N2O/c1-18(2)14-21-17-27(32(4)26-12-11-20-8-5-6-9-22(20)28(21)26)25-16-19(3)15-24-23-10-7-13-31-30(23)33-29(24)25/h5-13,15-18H,4,14H2,1-3H3. The van der Waals surface area contributed by atoms with Crippen molar-refractivity contribution in [2.75, 3.05) is 0 Å². The van der Waals surface area contributed by atoms with Crippen molar-refractivity contribution in [1.82, 2.24) is 4.98 Å². The molecule has 6 rings (SSSR count). The predicted octanol–water partition coefficient (Wildman–Crippen LogP) is 7.81. The Balaban J connectivity index is 1.63. The van der Waals surface area contributed by atoms with Crippen molar-refractivity contribution in [2.24, 2.45) is 5.92 Å². The van der Waals surface area contributed by atoms with Gasteiger partial charge in [-0.15, -0.1) is 12.1 Å². The number of nitrogens with zero attached hydrogens (tertiary/aromatic N) is 2. The lowest BCUT2D eigenvalue weighted by atomic mass is 9.85. The van der Waals surface area contributed by atoms with E-state index in [4.69, 9.17) is 4.42 Å². The van der Waals surface area contributed by atoms with E-state index in [0.717, 1.165) is 40.1 Å². The number of pyridine rings is 1. The summed E-state index contributed by atoms with van der Waals surface area (Å²) < 4.78 is 8.37. The quantitative estimate of drug-likeness (QED) is 0.166. The normalized spacial score (nSPS) is 13.9. The van der Waals surface area contributed by atoms with Crippen LogP contribution in [0.25, 0.3) is 38.4 Å². The van der Waals surface area contributed by atoms with Crippen molar-refractivity contribution < 1.29 is 8.99 Å². The molecule has 33 heavy (non-hydrogen) atoms. The Hall–Kier alpha value is -3.85. The fraction of sp³-hybridized carbons (Fsp3) is 0.167. The van der Waals surface area contributed by atoms with E-state index >= 15 is 0 Å². The van der Waals surface area contributed by atoms with Gasteiger partial charge in [-0.1, -0.05) is 67.4 Å². The van der Waals surface area contributed by atoms with Gasteiger partial charge in [0.25, 0.3) is 5.58 Å². The highest BCUT2D eigenvalue weighted by molar-refractivity contribution is 6.06. The number of rotatable bonds is 3. The smallest absolute Gasteiger partial charge is 0.268 e. The molecule has 3 heteroatoms. The lowest BCUT2D eigenvalue weighted by Crippen LogP contribution is -2.18. The maximum Gasteiger partial charge on any atom is 0.377 e. The number of aryl methyl sites for hydroxylation is 1. The SMILES string of the molecule is C=[N+]1c2ccc3ccccc3c2C(CC(C)C)=C[C-]1c1cc(C)cc2c1[o+][c-]1ncccc21. The van der Waals surface area contributed by atoms with Crippen molar-refractivity contribution in [3.05, 3.63) is 95.7 Å². The summed E-state index contributed by atoms with van der Waals surface area (Å²) in [6.45, 7) is 11.2. The van der Waals surface area contributed by atoms with Crippen LogP contribution in [0.4, 0.5) is 5.69 Å². The molecule has 3 aromatic carbocycles. The molecule has 0 saturated heterocycles. The average molecular weight is 431 g/mol. The van der Waals surface area contributed by atoms with Gasteiger partial charge in [-0.2, -0.15) is 0 Å². The molecule has 1 aliphatic heterocycles. The Labute approximate surface area is 193 Å². The van der Waals surface area contributed by atoms with Gasteiger partial charge < -0.3 is 0 Å². The minimum atomic E-state index is 0.536. The molecule has 162 valence electrons. The highest BCUT2D eigenvalue weighted by atomic mass is 16.3. The highest BCUT2D eigenvalue weighted by Gasteiger charge is 2.31. The van der Waals surface area contributed by atoms with E-state index in [9.17, 15) is 0 Å². The van der Waals surface area contributed by atoms with E-state index in [1.54, 1.807) is 6.20 Å². The number of hydrogen-bond acceptors (Lipinski definition) is 1. The largest absolute Gasteiger partial charge is 0.377 e. The van der Waals surface area contributed by atoms with E-state index < -0.39 is 0 Å². The van der Waals surface area contributed by atoms with Gasteiger partial charge >= 0.3 is 5.71 Å². The Kier molecular flexibility index (Phi) is 4.41. The molecule has 0 N–H and O–H groups in total. The van der Waals surface area contributed by atoms with Crippen molar-refractivity contribution >= 4 is 50.8 Å². The molecule has 0 bridgehead atoms. The first-order chi connectivity index (χ1) is 16.0. The molecule has 2 aromatic heterocycles. The summed E-state index contributed by atoms with van der Waals surface area (Å²) >= 11 is 0. The van der Waals surface area contributed by atoms with E-state index in [-0.39, 0.29) is 0 Å². The molecule has 0 unspecified atom stereocenters. The van der Waals surface area contributed by atoms with E-state index in [0.29, 0.717) is 11.6 Å². The fourth-order valence-electron chi connectivity index (χ4n) is 5.14. The lowest BCUT2D eigenvalue weighted by molar-refractivity contribution is -0.400. The Morgan fingerprint density at radius 1 is 1.03 bits per heavy atom. The summed E-state index contributed by atoms with van der Waals surface area (Å²) in [6, 6.07) is 22.5. The number of benzene rings is 3. The first-order valence-corrected chi connectivity index (χ1v) is 11.5. The molecular weight excluding hydrogens is 404 g/mol. The third-order valence-corrected chi connectivity index (χ3v) is 6.52. The van der Waals surface area contributed by atoms with Crippen LogP contribution in [0, 0.1) is 18.9 Å². The first-order valence-electron chi connectivity index (χ1n) is 11.5. The van der Waals surface area contributed by atoms with Crippen LogP contribution in [-0.4, -0.2) is 16.3 Å². The third-order valence-electron chi connectivity index (χ3n) is 6.52. The van der Waals surface area contributed by atoms with Crippen molar-refractivity contribution in [1.29, 1.82) is 0 Å². The summed E-state index contributed by atoms with van der Waals surface area (Å²) in [5, 5.41) is 4.67. The first kappa shape index (κ1) is 19.8. The molecule has 3 nitrogen and oxygen atoms in total. The van der Waals surface area contributed by atoms with Gasteiger partial charge in [-0.3, -0.25) is 4.42 Å². The second kappa shape index (κ2) is 7.35. The lowest BCUT2D eigenvalue weighted by Gasteiger charge is -2.28.